The van der Waals surface area contributed by atoms with Crippen molar-refractivity contribution in [1.82, 2.24) is 15.0 Å². The SMILES string of the molecule is O=C(Nc1ccncc1)c1ccc(CNc2ncncc2Cl)cc1. The van der Waals surface area contributed by atoms with Crippen molar-refractivity contribution in [2.45, 2.75) is 6.54 Å². The van der Waals surface area contributed by atoms with E-state index in [1.165, 1.54) is 12.5 Å². The Bertz CT molecular complexity index is 824. The van der Waals surface area contributed by atoms with Crippen molar-refractivity contribution in [2.24, 2.45) is 0 Å². The van der Waals surface area contributed by atoms with E-state index in [2.05, 4.69) is 25.6 Å². The summed E-state index contributed by atoms with van der Waals surface area (Å²) in [5, 5.41) is 6.40. The third-order valence-corrected chi connectivity index (χ3v) is 3.56. The van der Waals surface area contributed by atoms with Gasteiger partial charge in [0, 0.05) is 30.2 Å². The van der Waals surface area contributed by atoms with Gasteiger partial charge >= 0.3 is 0 Å². The predicted molar refractivity (Wildman–Crippen MR) is 93.0 cm³/mol. The van der Waals surface area contributed by atoms with Gasteiger partial charge in [-0.15, -0.1) is 0 Å². The van der Waals surface area contributed by atoms with Crippen molar-refractivity contribution < 1.29 is 4.79 Å². The molecule has 1 aromatic carbocycles. The first kappa shape index (κ1) is 15.9. The lowest BCUT2D eigenvalue weighted by Crippen LogP contribution is -2.12. The van der Waals surface area contributed by atoms with Gasteiger partial charge < -0.3 is 10.6 Å². The molecule has 2 heterocycles. The summed E-state index contributed by atoms with van der Waals surface area (Å²) in [6, 6.07) is 10.8. The summed E-state index contributed by atoms with van der Waals surface area (Å²) in [5.74, 6) is 0.408. The van der Waals surface area contributed by atoms with Gasteiger partial charge in [0.1, 0.15) is 17.2 Å². The van der Waals surface area contributed by atoms with E-state index >= 15 is 0 Å². The van der Waals surface area contributed by atoms with Crippen LogP contribution < -0.4 is 10.6 Å². The molecule has 2 aromatic heterocycles. The van der Waals surface area contributed by atoms with E-state index in [9.17, 15) is 4.79 Å². The van der Waals surface area contributed by atoms with Crippen molar-refractivity contribution in [1.29, 1.82) is 0 Å². The van der Waals surface area contributed by atoms with Crippen LogP contribution in [0.3, 0.4) is 0 Å². The highest BCUT2D eigenvalue weighted by atomic mass is 35.5. The molecule has 0 bridgehead atoms. The number of aromatic nitrogens is 3. The normalized spacial score (nSPS) is 10.2. The van der Waals surface area contributed by atoms with Gasteiger partial charge in [0.15, 0.2) is 0 Å². The van der Waals surface area contributed by atoms with Crippen LogP contribution in [0.15, 0.2) is 61.3 Å². The molecule has 0 aliphatic rings. The van der Waals surface area contributed by atoms with Gasteiger partial charge in [0.2, 0.25) is 0 Å². The molecule has 3 rings (SSSR count). The van der Waals surface area contributed by atoms with Crippen LogP contribution in [-0.2, 0) is 6.54 Å². The Labute approximate surface area is 143 Å². The van der Waals surface area contributed by atoms with Crippen LogP contribution >= 0.6 is 11.6 Å². The third kappa shape index (κ3) is 4.05. The van der Waals surface area contributed by atoms with Crippen LogP contribution in [0, 0.1) is 0 Å². The molecule has 0 saturated carbocycles. The van der Waals surface area contributed by atoms with Crippen molar-refractivity contribution in [3.8, 4) is 0 Å². The topological polar surface area (TPSA) is 79.8 Å². The summed E-state index contributed by atoms with van der Waals surface area (Å²) < 4.78 is 0. The Kier molecular flexibility index (Phi) is 4.98. The molecule has 120 valence electrons. The maximum absolute atomic E-state index is 12.2. The first-order valence-corrected chi connectivity index (χ1v) is 7.60. The van der Waals surface area contributed by atoms with Crippen LogP contribution in [0.5, 0.6) is 0 Å². The number of pyridine rings is 1. The van der Waals surface area contributed by atoms with Crippen molar-refractivity contribution >= 4 is 29.0 Å². The van der Waals surface area contributed by atoms with E-state index in [1.807, 2.05) is 12.1 Å². The van der Waals surface area contributed by atoms with Crippen LogP contribution in [0.2, 0.25) is 5.02 Å². The number of halogens is 1. The minimum Gasteiger partial charge on any atom is -0.365 e. The number of carbonyl (C=O) groups is 1. The number of rotatable bonds is 5. The largest absolute Gasteiger partial charge is 0.365 e. The molecule has 0 atom stereocenters. The van der Waals surface area contributed by atoms with Gasteiger partial charge in [0.05, 0.1) is 6.20 Å². The lowest BCUT2D eigenvalue weighted by Gasteiger charge is -2.08. The van der Waals surface area contributed by atoms with Crippen LogP contribution in [0.25, 0.3) is 0 Å². The standard InChI is InChI=1S/C17H14ClN5O/c18-15-10-20-11-22-16(15)21-9-12-1-3-13(4-2-12)17(24)23-14-5-7-19-8-6-14/h1-8,10-11H,9H2,(H,19,23,24)(H,20,21,22). The fourth-order valence-electron chi connectivity index (χ4n) is 2.04. The van der Waals surface area contributed by atoms with Gasteiger partial charge in [-0.05, 0) is 29.8 Å². The Morgan fingerprint density at radius 1 is 1.04 bits per heavy atom. The molecule has 0 spiro atoms. The van der Waals surface area contributed by atoms with Gasteiger partial charge in [-0.1, -0.05) is 23.7 Å². The molecule has 1 amide bonds. The number of hydrogen-bond donors (Lipinski definition) is 2. The Hall–Kier alpha value is -2.99. The van der Waals surface area contributed by atoms with E-state index < -0.39 is 0 Å². The molecule has 3 aromatic rings. The maximum atomic E-state index is 12.2. The number of anilines is 2. The average molecular weight is 340 g/mol. The molecule has 7 heteroatoms. The number of nitrogens with zero attached hydrogens (tertiary/aromatic N) is 3. The number of nitrogens with one attached hydrogen (secondary N) is 2. The Morgan fingerprint density at radius 2 is 1.79 bits per heavy atom. The van der Waals surface area contributed by atoms with E-state index in [-0.39, 0.29) is 5.91 Å². The highest BCUT2D eigenvalue weighted by molar-refractivity contribution is 6.32. The predicted octanol–water partition coefficient (Wildman–Crippen LogP) is 3.39. The molecule has 0 aliphatic carbocycles. The summed E-state index contributed by atoms with van der Waals surface area (Å²) in [7, 11) is 0. The molecule has 24 heavy (non-hydrogen) atoms. The maximum Gasteiger partial charge on any atom is 0.255 e. The van der Waals surface area contributed by atoms with Crippen molar-refractivity contribution in [3.05, 3.63) is 77.5 Å². The zero-order valence-corrected chi connectivity index (χ0v) is 13.4. The average Bonchev–Trinajstić information content (AvgIpc) is 2.62. The lowest BCUT2D eigenvalue weighted by molar-refractivity contribution is 0.102. The number of amides is 1. The molecule has 0 saturated heterocycles. The van der Waals surface area contributed by atoms with Crippen molar-refractivity contribution in [2.75, 3.05) is 10.6 Å². The summed E-state index contributed by atoms with van der Waals surface area (Å²) in [5.41, 5.74) is 2.29. The number of benzene rings is 1. The van der Waals surface area contributed by atoms with Crippen molar-refractivity contribution in [3.63, 3.8) is 0 Å². The fraction of sp³-hybridized carbons (Fsp3) is 0.0588. The quantitative estimate of drug-likeness (QED) is 0.744. The summed E-state index contributed by atoms with van der Waals surface area (Å²) >= 11 is 5.99. The van der Waals surface area contributed by atoms with Gasteiger partial charge in [-0.25, -0.2) is 9.97 Å². The molecule has 0 aliphatic heterocycles. The summed E-state index contributed by atoms with van der Waals surface area (Å²) in [6.45, 7) is 0.545. The first-order valence-electron chi connectivity index (χ1n) is 7.22. The Balaban J connectivity index is 1.61. The van der Waals surface area contributed by atoms with E-state index in [0.717, 1.165) is 5.56 Å². The van der Waals surface area contributed by atoms with Gasteiger partial charge in [-0.3, -0.25) is 9.78 Å². The van der Waals surface area contributed by atoms with Gasteiger partial charge in [-0.2, -0.15) is 0 Å². The molecule has 0 radical (unpaired) electrons. The molecule has 0 fully saturated rings. The molecule has 6 nitrogen and oxygen atoms in total. The van der Waals surface area contributed by atoms with E-state index in [4.69, 9.17) is 11.6 Å². The molecule has 0 unspecified atom stereocenters. The second-order valence-electron chi connectivity index (χ2n) is 4.96. The first-order chi connectivity index (χ1) is 11.7. The summed E-state index contributed by atoms with van der Waals surface area (Å²) in [6.07, 6.45) is 6.22. The van der Waals surface area contributed by atoms with Crippen LogP contribution in [-0.4, -0.2) is 20.9 Å². The fourth-order valence-corrected chi connectivity index (χ4v) is 2.21. The highest BCUT2D eigenvalue weighted by Gasteiger charge is 2.06. The van der Waals surface area contributed by atoms with E-state index in [1.54, 1.807) is 36.7 Å². The smallest absolute Gasteiger partial charge is 0.255 e. The highest BCUT2D eigenvalue weighted by Crippen LogP contribution is 2.17. The molecular formula is C17H14ClN5O. The van der Waals surface area contributed by atoms with E-state index in [0.29, 0.717) is 28.6 Å². The van der Waals surface area contributed by atoms with Gasteiger partial charge in [0.25, 0.3) is 5.91 Å². The third-order valence-electron chi connectivity index (χ3n) is 3.28. The van der Waals surface area contributed by atoms with Crippen LogP contribution in [0.1, 0.15) is 15.9 Å². The minimum absolute atomic E-state index is 0.167. The number of hydrogen-bond acceptors (Lipinski definition) is 5. The summed E-state index contributed by atoms with van der Waals surface area (Å²) in [4.78, 5) is 24.0. The zero-order valence-electron chi connectivity index (χ0n) is 12.6. The second kappa shape index (κ2) is 7.52. The minimum atomic E-state index is -0.167. The lowest BCUT2D eigenvalue weighted by atomic mass is 10.1. The molecule has 2 N–H and O–H groups in total. The molecular weight excluding hydrogens is 326 g/mol. The monoisotopic (exact) mass is 339 g/mol. The Morgan fingerprint density at radius 3 is 2.50 bits per heavy atom. The number of carbonyl (C=O) groups excluding carboxylic acids is 1. The van der Waals surface area contributed by atoms with Crippen LogP contribution in [0.4, 0.5) is 11.5 Å². The zero-order chi connectivity index (χ0) is 16.8. The second-order valence-corrected chi connectivity index (χ2v) is 5.37.